The number of carbonyl (C=O) groups excluding carboxylic acids is 1. The van der Waals surface area contributed by atoms with Crippen molar-refractivity contribution in [2.45, 2.75) is 51.7 Å². The number of nitrogens with zero attached hydrogens (tertiary/aromatic N) is 2. The molecule has 4 rings (SSSR count). The smallest absolute Gasteiger partial charge is 0.295 e. The van der Waals surface area contributed by atoms with Crippen LogP contribution in [0.15, 0.2) is 24.3 Å². The van der Waals surface area contributed by atoms with Gasteiger partial charge < -0.3 is 4.74 Å². The second-order valence-corrected chi connectivity index (χ2v) is 6.67. The number of hydroxylamine groups is 1. The summed E-state index contributed by atoms with van der Waals surface area (Å²) in [6, 6.07) is 8.10. The van der Waals surface area contributed by atoms with Gasteiger partial charge >= 0.3 is 0 Å². The molecule has 2 aromatic rings. The molecule has 0 radical (unpaired) electrons. The van der Waals surface area contributed by atoms with Crippen LogP contribution in [-0.4, -0.2) is 28.6 Å². The highest BCUT2D eigenvalue weighted by Gasteiger charge is 2.28. The van der Waals surface area contributed by atoms with Crippen molar-refractivity contribution < 1.29 is 14.4 Å². The fourth-order valence-corrected chi connectivity index (χ4v) is 3.59. The van der Waals surface area contributed by atoms with E-state index in [0.717, 1.165) is 61.0 Å². The summed E-state index contributed by atoms with van der Waals surface area (Å²) in [5, 5.41) is 4.61. The monoisotopic (exact) mass is 341 g/mol. The van der Waals surface area contributed by atoms with Gasteiger partial charge in [-0.1, -0.05) is 18.2 Å². The average Bonchev–Trinajstić information content (AvgIpc) is 3.24. The molecule has 1 aliphatic heterocycles. The first-order valence-electron chi connectivity index (χ1n) is 8.98. The Hall–Kier alpha value is -2.18. The predicted octanol–water partition coefficient (Wildman–Crippen LogP) is 2.86. The van der Waals surface area contributed by atoms with Crippen LogP contribution in [0.5, 0.6) is 0 Å². The lowest BCUT2D eigenvalue weighted by Crippen LogP contribution is -2.33. The average molecular weight is 341 g/mol. The highest BCUT2D eigenvalue weighted by atomic mass is 16.8. The predicted molar refractivity (Wildman–Crippen MR) is 92.5 cm³/mol. The van der Waals surface area contributed by atoms with Gasteiger partial charge in [-0.05, 0) is 50.7 Å². The first-order valence-corrected chi connectivity index (χ1v) is 8.98. The first-order chi connectivity index (χ1) is 12.2. The Morgan fingerprint density at radius 2 is 2.16 bits per heavy atom. The summed E-state index contributed by atoms with van der Waals surface area (Å²) in [6.45, 7) is 2.74. The Bertz CT molecular complexity index is 778. The van der Waals surface area contributed by atoms with E-state index in [1.54, 1.807) is 0 Å². The van der Waals surface area contributed by atoms with Gasteiger partial charge in [-0.2, -0.15) is 5.10 Å². The maximum absolute atomic E-state index is 12.6. The maximum atomic E-state index is 12.6. The van der Waals surface area contributed by atoms with E-state index < -0.39 is 0 Å². The second-order valence-electron chi connectivity index (χ2n) is 6.67. The first kappa shape index (κ1) is 16.3. The van der Waals surface area contributed by atoms with Crippen LogP contribution in [0.1, 0.15) is 53.0 Å². The summed E-state index contributed by atoms with van der Waals surface area (Å²) in [7, 11) is 0. The molecule has 1 unspecified atom stereocenters. The molecule has 2 heterocycles. The summed E-state index contributed by atoms with van der Waals surface area (Å²) in [5.41, 5.74) is 7.33. The lowest BCUT2D eigenvalue weighted by Gasteiger charge is -2.21. The molecule has 6 heteroatoms. The van der Waals surface area contributed by atoms with E-state index in [4.69, 9.17) is 9.57 Å². The second kappa shape index (κ2) is 6.98. The zero-order chi connectivity index (χ0) is 17.2. The van der Waals surface area contributed by atoms with Crippen LogP contribution >= 0.6 is 0 Å². The Labute approximate surface area is 147 Å². The van der Waals surface area contributed by atoms with Crippen LogP contribution in [-0.2, 0) is 22.4 Å². The zero-order valence-corrected chi connectivity index (χ0v) is 14.5. The summed E-state index contributed by atoms with van der Waals surface area (Å²) in [4.78, 5) is 18.0. The molecule has 25 heavy (non-hydrogen) atoms. The van der Waals surface area contributed by atoms with Crippen LogP contribution in [0.4, 0.5) is 0 Å². The SMILES string of the molecule is Cc1ccccc1-n1nc(C(=O)NOC2CCCCO2)c2c1CCC2. The number of aryl methyl sites for hydroxylation is 1. The molecule has 0 bridgehead atoms. The summed E-state index contributed by atoms with van der Waals surface area (Å²) >= 11 is 0. The number of aromatic nitrogens is 2. The van der Waals surface area contributed by atoms with Gasteiger partial charge in [-0.15, -0.1) is 0 Å². The Balaban J connectivity index is 1.57. The van der Waals surface area contributed by atoms with Crippen molar-refractivity contribution in [3.8, 4) is 5.69 Å². The van der Waals surface area contributed by atoms with Crippen molar-refractivity contribution >= 4 is 5.91 Å². The maximum Gasteiger partial charge on any atom is 0.295 e. The van der Waals surface area contributed by atoms with Crippen molar-refractivity contribution in [2.24, 2.45) is 0 Å². The van der Waals surface area contributed by atoms with E-state index in [9.17, 15) is 4.79 Å². The van der Waals surface area contributed by atoms with Crippen LogP contribution in [0.3, 0.4) is 0 Å². The lowest BCUT2D eigenvalue weighted by atomic mass is 10.2. The summed E-state index contributed by atoms with van der Waals surface area (Å²) < 4.78 is 7.40. The lowest BCUT2D eigenvalue weighted by molar-refractivity contribution is -0.186. The molecule has 1 saturated heterocycles. The van der Waals surface area contributed by atoms with E-state index in [1.165, 1.54) is 0 Å². The molecule has 1 N–H and O–H groups in total. The van der Waals surface area contributed by atoms with E-state index >= 15 is 0 Å². The number of ether oxygens (including phenoxy) is 1. The molecule has 0 spiro atoms. The zero-order valence-electron chi connectivity index (χ0n) is 14.5. The molecule has 132 valence electrons. The van der Waals surface area contributed by atoms with Gasteiger partial charge in [0.25, 0.3) is 5.91 Å². The van der Waals surface area contributed by atoms with Gasteiger partial charge in [0.2, 0.25) is 0 Å². The van der Waals surface area contributed by atoms with E-state index in [-0.39, 0.29) is 12.2 Å². The third-order valence-corrected chi connectivity index (χ3v) is 4.91. The molecule has 1 aliphatic carbocycles. The van der Waals surface area contributed by atoms with Crippen molar-refractivity contribution in [3.63, 3.8) is 0 Å². The highest BCUT2D eigenvalue weighted by Crippen LogP contribution is 2.28. The minimum atomic E-state index is -0.357. The molecule has 1 atom stereocenters. The Morgan fingerprint density at radius 3 is 2.96 bits per heavy atom. The number of nitrogens with one attached hydrogen (secondary N) is 1. The number of rotatable bonds is 4. The van der Waals surface area contributed by atoms with Gasteiger partial charge in [-0.25, -0.2) is 15.0 Å². The fraction of sp³-hybridized carbons (Fsp3) is 0.474. The van der Waals surface area contributed by atoms with Crippen LogP contribution in [0, 0.1) is 6.92 Å². The molecule has 6 nitrogen and oxygen atoms in total. The largest absolute Gasteiger partial charge is 0.350 e. The normalized spacial score (nSPS) is 19.6. The van der Waals surface area contributed by atoms with Crippen LogP contribution in [0.25, 0.3) is 5.69 Å². The molecule has 0 saturated carbocycles. The highest BCUT2D eigenvalue weighted by molar-refractivity contribution is 5.93. The summed E-state index contributed by atoms with van der Waals surface area (Å²) in [6.07, 6.45) is 5.41. The summed E-state index contributed by atoms with van der Waals surface area (Å²) in [5.74, 6) is -0.292. The quantitative estimate of drug-likeness (QED) is 0.869. The third kappa shape index (κ3) is 3.19. The van der Waals surface area contributed by atoms with Crippen molar-refractivity contribution in [2.75, 3.05) is 6.61 Å². The number of para-hydroxylation sites is 1. The topological polar surface area (TPSA) is 65.4 Å². The van der Waals surface area contributed by atoms with Crippen molar-refractivity contribution in [1.82, 2.24) is 15.3 Å². The van der Waals surface area contributed by atoms with Gasteiger partial charge in [0.15, 0.2) is 12.0 Å². The Morgan fingerprint density at radius 1 is 1.28 bits per heavy atom. The fourth-order valence-electron chi connectivity index (χ4n) is 3.59. The van der Waals surface area contributed by atoms with Crippen LogP contribution < -0.4 is 5.48 Å². The molecular formula is C19H23N3O3. The van der Waals surface area contributed by atoms with Crippen LogP contribution in [0.2, 0.25) is 0 Å². The molecule has 1 aromatic heterocycles. The number of amides is 1. The minimum absolute atomic E-state index is 0.292. The molecular weight excluding hydrogens is 318 g/mol. The standard InChI is InChI=1S/C19H23N3O3/c1-13-7-2-3-9-15(13)22-16-10-6-8-14(16)18(20-22)19(23)21-25-17-11-4-5-12-24-17/h2-3,7,9,17H,4-6,8,10-12H2,1H3,(H,21,23). The van der Waals surface area contributed by atoms with Crippen molar-refractivity contribution in [3.05, 3.63) is 46.8 Å². The van der Waals surface area contributed by atoms with Crippen molar-refractivity contribution in [1.29, 1.82) is 0 Å². The minimum Gasteiger partial charge on any atom is -0.350 e. The third-order valence-electron chi connectivity index (χ3n) is 4.91. The van der Waals surface area contributed by atoms with E-state index in [0.29, 0.717) is 12.3 Å². The molecule has 2 aliphatic rings. The Kier molecular flexibility index (Phi) is 4.55. The number of benzene rings is 1. The van der Waals surface area contributed by atoms with Gasteiger partial charge in [0.05, 0.1) is 5.69 Å². The van der Waals surface area contributed by atoms with Gasteiger partial charge in [-0.3, -0.25) is 4.79 Å². The number of hydrogen-bond acceptors (Lipinski definition) is 4. The van der Waals surface area contributed by atoms with E-state index in [1.807, 2.05) is 22.9 Å². The van der Waals surface area contributed by atoms with E-state index in [2.05, 4.69) is 23.6 Å². The van der Waals surface area contributed by atoms with Gasteiger partial charge in [0, 0.05) is 24.3 Å². The van der Waals surface area contributed by atoms with Gasteiger partial charge in [0.1, 0.15) is 0 Å². The molecule has 1 amide bonds. The molecule has 1 aromatic carbocycles. The molecule has 1 fully saturated rings. The number of hydrogen-bond donors (Lipinski definition) is 1. The number of carbonyl (C=O) groups is 1. The number of fused-ring (bicyclic) bond motifs is 1.